The average Bonchev–Trinajstić information content (AvgIpc) is 3.09. The zero-order valence-corrected chi connectivity index (χ0v) is 13.7. The number of esters is 2. The largest absolute Gasteiger partial charge is 0.497 e. The Morgan fingerprint density at radius 1 is 1.08 bits per heavy atom. The van der Waals surface area contributed by atoms with Gasteiger partial charge in [-0.3, -0.25) is 0 Å². The van der Waals surface area contributed by atoms with E-state index in [1.807, 2.05) is 0 Å². The molecule has 0 atom stereocenters. The van der Waals surface area contributed by atoms with Gasteiger partial charge in [-0.2, -0.15) is 10.3 Å². The van der Waals surface area contributed by atoms with Gasteiger partial charge in [0.05, 0.1) is 39.1 Å². The quantitative estimate of drug-likeness (QED) is 0.789. The lowest BCUT2D eigenvalue weighted by atomic mass is 10.0. The standard InChI is InChI=1S/C15H17N3O6/c1-5-24-15(20)13-12(16-18-17-13)11-9(14(19)23-4)6-8(21-2)7-10(11)22-3/h6-7H,5H2,1-4H3,(H,16,17,18). The van der Waals surface area contributed by atoms with Gasteiger partial charge in [0.1, 0.15) is 17.2 Å². The second-order valence-corrected chi connectivity index (χ2v) is 4.49. The molecule has 9 heteroatoms. The van der Waals surface area contributed by atoms with Gasteiger partial charge in [-0.25, -0.2) is 9.59 Å². The zero-order chi connectivity index (χ0) is 17.7. The lowest BCUT2D eigenvalue weighted by Crippen LogP contribution is -2.10. The third-order valence-corrected chi connectivity index (χ3v) is 3.19. The predicted octanol–water partition coefficient (Wildman–Crippen LogP) is 1.45. The van der Waals surface area contributed by atoms with Crippen LogP contribution < -0.4 is 9.47 Å². The third kappa shape index (κ3) is 3.14. The number of hydrogen-bond donors (Lipinski definition) is 1. The minimum atomic E-state index is -0.671. The summed E-state index contributed by atoms with van der Waals surface area (Å²) in [7, 11) is 4.12. The van der Waals surface area contributed by atoms with Gasteiger partial charge in [0.2, 0.25) is 0 Å². The van der Waals surface area contributed by atoms with Gasteiger partial charge in [0.15, 0.2) is 5.69 Å². The molecule has 1 N–H and O–H groups in total. The predicted molar refractivity (Wildman–Crippen MR) is 82.2 cm³/mol. The Kier molecular flexibility index (Phi) is 5.35. The summed E-state index contributed by atoms with van der Waals surface area (Å²) in [6.07, 6.45) is 0. The maximum absolute atomic E-state index is 12.2. The Labute approximate surface area is 137 Å². The van der Waals surface area contributed by atoms with Crippen molar-refractivity contribution in [3.05, 3.63) is 23.4 Å². The summed E-state index contributed by atoms with van der Waals surface area (Å²) in [4.78, 5) is 24.2. The smallest absolute Gasteiger partial charge is 0.361 e. The summed E-state index contributed by atoms with van der Waals surface area (Å²) in [5.41, 5.74) is 0.425. The van der Waals surface area contributed by atoms with Crippen LogP contribution in [0.25, 0.3) is 11.3 Å². The third-order valence-electron chi connectivity index (χ3n) is 3.19. The first-order valence-electron chi connectivity index (χ1n) is 6.99. The molecule has 0 aliphatic carbocycles. The van der Waals surface area contributed by atoms with Crippen LogP contribution in [0.2, 0.25) is 0 Å². The molecule has 0 bridgehead atoms. The number of ether oxygens (including phenoxy) is 4. The van der Waals surface area contributed by atoms with Crippen molar-refractivity contribution < 1.29 is 28.5 Å². The fourth-order valence-corrected chi connectivity index (χ4v) is 2.13. The number of benzene rings is 1. The van der Waals surface area contributed by atoms with Crippen LogP contribution in [0.1, 0.15) is 27.8 Å². The van der Waals surface area contributed by atoms with Crippen LogP contribution in [0.5, 0.6) is 11.5 Å². The van der Waals surface area contributed by atoms with Crippen molar-refractivity contribution in [3.8, 4) is 22.8 Å². The van der Waals surface area contributed by atoms with E-state index in [0.717, 1.165) is 0 Å². The molecule has 128 valence electrons. The molecule has 1 aromatic carbocycles. The van der Waals surface area contributed by atoms with Crippen LogP contribution in [0, 0.1) is 0 Å². The van der Waals surface area contributed by atoms with E-state index in [4.69, 9.17) is 18.9 Å². The molecule has 9 nitrogen and oxygen atoms in total. The topological polar surface area (TPSA) is 113 Å². The minimum Gasteiger partial charge on any atom is -0.497 e. The molecule has 24 heavy (non-hydrogen) atoms. The van der Waals surface area contributed by atoms with Crippen molar-refractivity contribution in [2.75, 3.05) is 27.9 Å². The van der Waals surface area contributed by atoms with Crippen molar-refractivity contribution in [1.82, 2.24) is 15.4 Å². The number of carbonyl (C=O) groups is 2. The molecule has 2 aromatic rings. The molecular weight excluding hydrogens is 318 g/mol. The molecule has 0 unspecified atom stereocenters. The number of rotatable bonds is 6. The normalized spacial score (nSPS) is 10.2. The lowest BCUT2D eigenvalue weighted by Gasteiger charge is -2.13. The number of carbonyl (C=O) groups excluding carboxylic acids is 2. The van der Waals surface area contributed by atoms with Crippen LogP contribution in [0.3, 0.4) is 0 Å². The Morgan fingerprint density at radius 2 is 1.83 bits per heavy atom. The van der Waals surface area contributed by atoms with E-state index < -0.39 is 11.9 Å². The maximum atomic E-state index is 12.2. The van der Waals surface area contributed by atoms with Gasteiger partial charge in [-0.05, 0) is 13.0 Å². The van der Waals surface area contributed by atoms with Gasteiger partial charge in [0, 0.05) is 6.07 Å². The highest BCUT2D eigenvalue weighted by Crippen LogP contribution is 2.37. The van der Waals surface area contributed by atoms with Crippen molar-refractivity contribution >= 4 is 11.9 Å². The number of hydrogen-bond acceptors (Lipinski definition) is 8. The fourth-order valence-electron chi connectivity index (χ4n) is 2.13. The molecule has 0 spiro atoms. The van der Waals surface area contributed by atoms with Crippen molar-refractivity contribution in [2.45, 2.75) is 6.92 Å². The summed E-state index contributed by atoms with van der Waals surface area (Å²) in [6, 6.07) is 3.03. The molecule has 0 amide bonds. The van der Waals surface area contributed by atoms with E-state index in [1.165, 1.54) is 27.4 Å². The Morgan fingerprint density at radius 3 is 2.42 bits per heavy atom. The van der Waals surface area contributed by atoms with Crippen molar-refractivity contribution in [3.63, 3.8) is 0 Å². The molecule has 0 radical (unpaired) electrons. The van der Waals surface area contributed by atoms with E-state index in [-0.39, 0.29) is 34.9 Å². The molecule has 1 heterocycles. The molecular formula is C15H17N3O6. The van der Waals surface area contributed by atoms with Gasteiger partial charge < -0.3 is 18.9 Å². The zero-order valence-electron chi connectivity index (χ0n) is 13.7. The van der Waals surface area contributed by atoms with Crippen molar-refractivity contribution in [1.29, 1.82) is 0 Å². The molecule has 1 aromatic heterocycles. The second kappa shape index (κ2) is 7.44. The number of methoxy groups -OCH3 is 3. The van der Waals surface area contributed by atoms with Gasteiger partial charge in [-0.1, -0.05) is 0 Å². The highest BCUT2D eigenvalue weighted by Gasteiger charge is 2.28. The van der Waals surface area contributed by atoms with E-state index in [1.54, 1.807) is 13.0 Å². The molecule has 0 fully saturated rings. The Hall–Kier alpha value is -3.10. The monoisotopic (exact) mass is 335 g/mol. The first kappa shape index (κ1) is 17.3. The van der Waals surface area contributed by atoms with Gasteiger partial charge >= 0.3 is 11.9 Å². The van der Waals surface area contributed by atoms with Crippen LogP contribution in [-0.4, -0.2) is 55.3 Å². The number of H-pyrrole nitrogens is 1. The number of aromatic nitrogens is 3. The van der Waals surface area contributed by atoms with Gasteiger partial charge in [0.25, 0.3) is 0 Å². The average molecular weight is 335 g/mol. The number of nitrogens with zero attached hydrogens (tertiary/aromatic N) is 2. The fraction of sp³-hybridized carbons (Fsp3) is 0.333. The van der Waals surface area contributed by atoms with Crippen molar-refractivity contribution in [2.24, 2.45) is 0 Å². The Balaban J connectivity index is 2.71. The molecule has 0 saturated carbocycles. The number of nitrogens with one attached hydrogen (secondary N) is 1. The van der Waals surface area contributed by atoms with E-state index in [0.29, 0.717) is 5.75 Å². The van der Waals surface area contributed by atoms with Crippen LogP contribution in [0.4, 0.5) is 0 Å². The molecule has 0 aliphatic rings. The minimum absolute atomic E-state index is 0.0644. The summed E-state index contributed by atoms with van der Waals surface area (Å²) < 4.78 is 20.2. The first-order valence-corrected chi connectivity index (χ1v) is 6.99. The summed E-state index contributed by atoms with van der Waals surface area (Å²) in [5, 5.41) is 10.1. The Bertz CT molecular complexity index is 756. The summed E-state index contributed by atoms with van der Waals surface area (Å²) in [5.74, 6) is -0.652. The SMILES string of the molecule is CCOC(=O)c1n[nH]nc1-c1c(OC)cc(OC)cc1C(=O)OC. The van der Waals surface area contributed by atoms with Crippen LogP contribution >= 0.6 is 0 Å². The maximum Gasteiger partial charge on any atom is 0.361 e. The molecule has 0 saturated heterocycles. The molecule has 2 rings (SSSR count). The lowest BCUT2D eigenvalue weighted by molar-refractivity contribution is 0.0518. The second-order valence-electron chi connectivity index (χ2n) is 4.49. The number of aromatic amines is 1. The first-order chi connectivity index (χ1) is 11.6. The van der Waals surface area contributed by atoms with E-state index >= 15 is 0 Å². The van der Waals surface area contributed by atoms with E-state index in [2.05, 4.69) is 15.4 Å². The summed E-state index contributed by atoms with van der Waals surface area (Å²) >= 11 is 0. The highest BCUT2D eigenvalue weighted by atomic mass is 16.5. The van der Waals surface area contributed by atoms with E-state index in [9.17, 15) is 9.59 Å². The molecule has 0 aliphatic heterocycles. The van der Waals surface area contributed by atoms with Crippen LogP contribution in [0.15, 0.2) is 12.1 Å². The summed E-state index contributed by atoms with van der Waals surface area (Å²) in [6.45, 7) is 1.85. The highest BCUT2D eigenvalue weighted by molar-refractivity contribution is 6.03. The van der Waals surface area contributed by atoms with Crippen LogP contribution in [-0.2, 0) is 9.47 Å². The van der Waals surface area contributed by atoms with Gasteiger partial charge in [-0.15, -0.1) is 5.10 Å².